The third-order valence-electron chi connectivity index (χ3n) is 6.74. The Morgan fingerprint density at radius 1 is 0.600 bits per heavy atom. The highest BCUT2D eigenvalue weighted by atomic mass is 16.5. The quantitative estimate of drug-likeness (QED) is 0.0701. The average Bonchev–Trinajstić information content (AvgIpc) is 2.83. The molecule has 0 bridgehead atoms. The SMILES string of the molecule is CCCC/C=C\CCCCCCCCC(=O)OC(CCCCCCCCC)CCCCCC(=O)O. The number of rotatable bonds is 27. The topological polar surface area (TPSA) is 63.6 Å². The molecule has 35 heavy (non-hydrogen) atoms. The van der Waals surface area contributed by atoms with Gasteiger partial charge in [0, 0.05) is 12.8 Å². The third-order valence-corrected chi connectivity index (χ3v) is 6.74. The van der Waals surface area contributed by atoms with Gasteiger partial charge in [0.25, 0.3) is 0 Å². The van der Waals surface area contributed by atoms with Crippen LogP contribution in [0.4, 0.5) is 0 Å². The van der Waals surface area contributed by atoms with Crippen molar-refractivity contribution in [3.63, 3.8) is 0 Å². The van der Waals surface area contributed by atoms with Gasteiger partial charge in [-0.25, -0.2) is 0 Å². The zero-order valence-electron chi connectivity index (χ0n) is 23.4. The van der Waals surface area contributed by atoms with Crippen LogP contribution in [0.25, 0.3) is 0 Å². The number of carbonyl (C=O) groups is 2. The van der Waals surface area contributed by atoms with Crippen LogP contribution in [0.3, 0.4) is 0 Å². The minimum absolute atomic E-state index is 0.00773. The van der Waals surface area contributed by atoms with Crippen molar-refractivity contribution in [3.05, 3.63) is 12.2 Å². The number of allylic oxidation sites excluding steroid dienone is 2. The fraction of sp³-hybridized carbons (Fsp3) is 0.871. The Hall–Kier alpha value is -1.32. The van der Waals surface area contributed by atoms with E-state index >= 15 is 0 Å². The van der Waals surface area contributed by atoms with Gasteiger partial charge in [-0.15, -0.1) is 0 Å². The number of carboxylic acids is 1. The monoisotopic (exact) mass is 494 g/mol. The fourth-order valence-corrected chi connectivity index (χ4v) is 4.46. The molecule has 0 aromatic heterocycles. The van der Waals surface area contributed by atoms with Crippen molar-refractivity contribution in [2.45, 2.75) is 174 Å². The summed E-state index contributed by atoms with van der Waals surface area (Å²) in [7, 11) is 0. The maximum Gasteiger partial charge on any atom is 0.306 e. The summed E-state index contributed by atoms with van der Waals surface area (Å²) in [5.41, 5.74) is 0. The van der Waals surface area contributed by atoms with Crippen molar-refractivity contribution in [2.24, 2.45) is 0 Å². The van der Waals surface area contributed by atoms with Crippen LogP contribution >= 0.6 is 0 Å². The number of carboxylic acid groups (broad SMARTS) is 1. The minimum Gasteiger partial charge on any atom is -0.481 e. The van der Waals surface area contributed by atoms with E-state index in [0.29, 0.717) is 12.8 Å². The maximum absolute atomic E-state index is 12.4. The lowest BCUT2D eigenvalue weighted by Crippen LogP contribution is -2.18. The lowest BCUT2D eigenvalue weighted by molar-refractivity contribution is -0.150. The van der Waals surface area contributed by atoms with Crippen LogP contribution in [0.15, 0.2) is 12.2 Å². The first kappa shape index (κ1) is 33.7. The zero-order valence-corrected chi connectivity index (χ0v) is 23.4. The molecule has 0 radical (unpaired) electrons. The smallest absolute Gasteiger partial charge is 0.306 e. The lowest BCUT2D eigenvalue weighted by atomic mass is 10.0. The first-order valence-electron chi connectivity index (χ1n) is 15.2. The zero-order chi connectivity index (χ0) is 25.8. The first-order chi connectivity index (χ1) is 17.1. The number of ether oxygens (including phenoxy) is 1. The predicted octanol–water partition coefficient (Wildman–Crippen LogP) is 9.94. The van der Waals surface area contributed by atoms with Crippen LogP contribution in [0.2, 0.25) is 0 Å². The number of hydrogen-bond acceptors (Lipinski definition) is 3. The molecule has 0 aromatic carbocycles. The second kappa shape index (κ2) is 27.3. The van der Waals surface area contributed by atoms with E-state index in [1.165, 1.54) is 89.9 Å². The molecule has 0 saturated heterocycles. The van der Waals surface area contributed by atoms with Gasteiger partial charge in [-0.2, -0.15) is 0 Å². The molecule has 1 N–H and O–H groups in total. The Balaban J connectivity index is 3.96. The average molecular weight is 495 g/mol. The molecule has 206 valence electrons. The Morgan fingerprint density at radius 3 is 1.66 bits per heavy atom. The van der Waals surface area contributed by atoms with Crippen LogP contribution in [-0.2, 0) is 14.3 Å². The van der Waals surface area contributed by atoms with Gasteiger partial charge in [-0.3, -0.25) is 9.59 Å². The van der Waals surface area contributed by atoms with Gasteiger partial charge in [-0.1, -0.05) is 109 Å². The summed E-state index contributed by atoms with van der Waals surface area (Å²) in [6.45, 7) is 4.47. The summed E-state index contributed by atoms with van der Waals surface area (Å²) < 4.78 is 5.86. The number of esters is 1. The highest BCUT2D eigenvalue weighted by molar-refractivity contribution is 5.69. The number of carbonyl (C=O) groups excluding carboxylic acids is 1. The van der Waals surface area contributed by atoms with Crippen molar-refractivity contribution < 1.29 is 19.4 Å². The Kier molecular flexibility index (Phi) is 26.2. The van der Waals surface area contributed by atoms with Crippen LogP contribution < -0.4 is 0 Å². The van der Waals surface area contributed by atoms with E-state index in [0.717, 1.165) is 44.9 Å². The van der Waals surface area contributed by atoms with Crippen LogP contribution in [0.1, 0.15) is 168 Å². The molecular weight excluding hydrogens is 436 g/mol. The number of unbranched alkanes of at least 4 members (excludes halogenated alkanes) is 16. The molecule has 0 amide bonds. The van der Waals surface area contributed by atoms with Gasteiger partial charge in [0.2, 0.25) is 0 Å². The Labute approximate surface area is 217 Å². The van der Waals surface area contributed by atoms with Gasteiger partial charge < -0.3 is 9.84 Å². The standard InChI is InChI=1S/C31H58O4/c1-3-5-7-9-11-12-13-14-15-17-19-24-28-31(34)35-29(26-22-20-23-27-30(32)33)25-21-18-16-10-8-6-4-2/h9,11,29H,3-8,10,12-28H2,1-2H3,(H,32,33)/b11-9-. The summed E-state index contributed by atoms with van der Waals surface area (Å²) >= 11 is 0. The largest absolute Gasteiger partial charge is 0.481 e. The lowest BCUT2D eigenvalue weighted by Gasteiger charge is -2.18. The molecule has 1 atom stereocenters. The van der Waals surface area contributed by atoms with E-state index in [2.05, 4.69) is 26.0 Å². The van der Waals surface area contributed by atoms with E-state index in [-0.39, 0.29) is 18.5 Å². The van der Waals surface area contributed by atoms with Gasteiger partial charge in [-0.05, 0) is 57.8 Å². The first-order valence-corrected chi connectivity index (χ1v) is 15.2. The second-order valence-corrected chi connectivity index (χ2v) is 10.3. The molecule has 0 rings (SSSR count). The molecule has 0 aromatic rings. The number of aliphatic carboxylic acids is 1. The van der Waals surface area contributed by atoms with Crippen molar-refractivity contribution in [2.75, 3.05) is 0 Å². The molecule has 0 heterocycles. The normalized spacial score (nSPS) is 12.3. The molecule has 0 spiro atoms. The summed E-state index contributed by atoms with van der Waals surface area (Å²) in [5, 5.41) is 8.80. The molecule has 1 unspecified atom stereocenters. The van der Waals surface area contributed by atoms with E-state index in [9.17, 15) is 9.59 Å². The molecule has 0 aliphatic heterocycles. The van der Waals surface area contributed by atoms with Gasteiger partial charge in [0.15, 0.2) is 0 Å². The predicted molar refractivity (Wildman–Crippen MR) is 149 cm³/mol. The molecule has 0 aliphatic rings. The Bertz CT molecular complexity index is 500. The fourth-order valence-electron chi connectivity index (χ4n) is 4.46. The molecule has 0 aliphatic carbocycles. The summed E-state index contributed by atoms with van der Waals surface area (Å²) in [4.78, 5) is 23.1. The molecule has 0 saturated carbocycles. The molecule has 4 heteroatoms. The van der Waals surface area contributed by atoms with Crippen LogP contribution in [-0.4, -0.2) is 23.1 Å². The number of hydrogen-bond donors (Lipinski definition) is 1. The molecule has 0 fully saturated rings. The molecular formula is C31H58O4. The van der Waals surface area contributed by atoms with Gasteiger partial charge in [0.05, 0.1) is 0 Å². The second-order valence-electron chi connectivity index (χ2n) is 10.3. The van der Waals surface area contributed by atoms with E-state index in [4.69, 9.17) is 9.84 Å². The van der Waals surface area contributed by atoms with Gasteiger partial charge >= 0.3 is 11.9 Å². The van der Waals surface area contributed by atoms with Crippen molar-refractivity contribution in [1.29, 1.82) is 0 Å². The third kappa shape index (κ3) is 27.1. The van der Waals surface area contributed by atoms with Gasteiger partial charge in [0.1, 0.15) is 6.10 Å². The summed E-state index contributed by atoms with van der Waals surface area (Å²) in [5.74, 6) is -0.768. The van der Waals surface area contributed by atoms with Crippen molar-refractivity contribution in [1.82, 2.24) is 0 Å². The van der Waals surface area contributed by atoms with Crippen LogP contribution in [0, 0.1) is 0 Å². The van der Waals surface area contributed by atoms with E-state index in [1.54, 1.807) is 0 Å². The molecule has 4 nitrogen and oxygen atoms in total. The van der Waals surface area contributed by atoms with Crippen molar-refractivity contribution in [3.8, 4) is 0 Å². The van der Waals surface area contributed by atoms with E-state index in [1.807, 2.05) is 0 Å². The van der Waals surface area contributed by atoms with Crippen molar-refractivity contribution >= 4 is 11.9 Å². The Morgan fingerprint density at radius 2 is 1.06 bits per heavy atom. The van der Waals surface area contributed by atoms with E-state index < -0.39 is 5.97 Å². The summed E-state index contributed by atoms with van der Waals surface area (Å²) in [6, 6.07) is 0. The minimum atomic E-state index is -0.727. The maximum atomic E-state index is 12.4. The highest BCUT2D eigenvalue weighted by Crippen LogP contribution is 2.18. The highest BCUT2D eigenvalue weighted by Gasteiger charge is 2.14. The summed E-state index contributed by atoms with van der Waals surface area (Å²) in [6.07, 6.45) is 30.7. The van der Waals surface area contributed by atoms with Crippen LogP contribution in [0.5, 0.6) is 0 Å².